The number of aryl methyl sites for hydroxylation is 1. The van der Waals surface area contributed by atoms with Crippen LogP contribution in [0.25, 0.3) is 5.57 Å². The van der Waals surface area contributed by atoms with Crippen LogP contribution >= 0.6 is 11.6 Å². The van der Waals surface area contributed by atoms with E-state index in [9.17, 15) is 8.42 Å². The molecule has 2 aromatic rings. The summed E-state index contributed by atoms with van der Waals surface area (Å²) in [4.78, 5) is 0.248. The van der Waals surface area contributed by atoms with Crippen LogP contribution in [0.1, 0.15) is 17.7 Å². The molecule has 0 amide bonds. The van der Waals surface area contributed by atoms with Gasteiger partial charge in [0.2, 0.25) is 16.8 Å². The number of rotatable bonds is 3. The molecule has 0 N–H and O–H groups in total. The predicted molar refractivity (Wildman–Crippen MR) is 96.9 cm³/mol. The summed E-state index contributed by atoms with van der Waals surface area (Å²) in [7, 11) is -1.84. The highest BCUT2D eigenvalue weighted by molar-refractivity contribution is 7.89. The van der Waals surface area contributed by atoms with Gasteiger partial charge in [-0.3, -0.25) is 4.68 Å². The standard InChI is InChI=1S/C17H18ClN3O4S/c1-11-17(9-19-20(11)2)26(22,23)21-5-3-12(4-6-21)13-7-15-16(8-14(13)18)25-10-24-15/h3,7-9H,4-6,10H2,1-2H3. The number of fused-ring (bicyclic) bond motifs is 1. The number of halogens is 1. The number of ether oxygens (including phenoxy) is 2. The molecule has 0 fully saturated rings. The lowest BCUT2D eigenvalue weighted by Crippen LogP contribution is -2.35. The van der Waals surface area contributed by atoms with Gasteiger partial charge in [-0.2, -0.15) is 9.40 Å². The summed E-state index contributed by atoms with van der Waals surface area (Å²) >= 11 is 6.37. The van der Waals surface area contributed by atoms with Crippen LogP contribution in [0.5, 0.6) is 11.5 Å². The minimum atomic E-state index is -3.57. The molecule has 26 heavy (non-hydrogen) atoms. The second kappa shape index (κ2) is 6.29. The Bertz CT molecular complexity index is 1010. The van der Waals surface area contributed by atoms with Gasteiger partial charge in [-0.05, 0) is 30.5 Å². The van der Waals surface area contributed by atoms with Gasteiger partial charge in [0.15, 0.2) is 11.5 Å². The molecule has 7 nitrogen and oxygen atoms in total. The monoisotopic (exact) mass is 395 g/mol. The number of aromatic nitrogens is 2. The first kappa shape index (κ1) is 17.4. The van der Waals surface area contributed by atoms with Gasteiger partial charge in [0.05, 0.1) is 16.9 Å². The Hall–Kier alpha value is -2.03. The molecule has 2 aliphatic heterocycles. The van der Waals surface area contributed by atoms with Crippen molar-refractivity contribution >= 4 is 27.2 Å². The zero-order valence-corrected chi connectivity index (χ0v) is 16.0. The summed E-state index contributed by atoms with van der Waals surface area (Å²) in [6.07, 6.45) is 3.87. The Morgan fingerprint density at radius 2 is 1.96 bits per heavy atom. The quantitative estimate of drug-likeness (QED) is 0.798. The summed E-state index contributed by atoms with van der Waals surface area (Å²) in [6, 6.07) is 3.59. The molecule has 9 heteroatoms. The molecule has 138 valence electrons. The van der Waals surface area contributed by atoms with Gasteiger partial charge in [0.25, 0.3) is 0 Å². The summed E-state index contributed by atoms with van der Waals surface area (Å²) in [5.74, 6) is 1.29. The second-order valence-corrected chi connectivity index (χ2v) is 8.56. The number of sulfonamides is 1. The lowest BCUT2D eigenvalue weighted by atomic mass is 10.00. The SMILES string of the molecule is Cc1c(S(=O)(=O)N2CC=C(c3cc4c(cc3Cl)OCO4)CC2)cnn1C. The van der Waals surface area contributed by atoms with E-state index in [4.69, 9.17) is 21.1 Å². The molecular formula is C17H18ClN3O4S. The number of benzene rings is 1. The Morgan fingerprint density at radius 3 is 2.58 bits per heavy atom. The molecule has 0 aliphatic carbocycles. The average molecular weight is 396 g/mol. The summed E-state index contributed by atoms with van der Waals surface area (Å²) in [5, 5.41) is 4.61. The summed E-state index contributed by atoms with van der Waals surface area (Å²) in [6.45, 7) is 2.60. The molecule has 4 rings (SSSR count). The van der Waals surface area contributed by atoms with Gasteiger partial charge in [-0.15, -0.1) is 0 Å². The molecule has 1 aromatic carbocycles. The number of hydrogen-bond donors (Lipinski definition) is 0. The van der Waals surface area contributed by atoms with Crippen molar-refractivity contribution in [2.75, 3.05) is 19.9 Å². The normalized spacial score (nSPS) is 17.4. The van der Waals surface area contributed by atoms with E-state index in [-0.39, 0.29) is 18.2 Å². The molecule has 0 saturated heterocycles. The minimum Gasteiger partial charge on any atom is -0.454 e. The Morgan fingerprint density at radius 1 is 1.23 bits per heavy atom. The Labute approximate surface area is 156 Å². The highest BCUT2D eigenvalue weighted by Gasteiger charge is 2.30. The van der Waals surface area contributed by atoms with E-state index in [2.05, 4.69) is 5.10 Å². The third kappa shape index (κ3) is 2.78. The lowest BCUT2D eigenvalue weighted by molar-refractivity contribution is 0.174. The van der Waals surface area contributed by atoms with Crippen LogP contribution < -0.4 is 9.47 Å². The van der Waals surface area contributed by atoms with Gasteiger partial charge in [-0.25, -0.2) is 8.42 Å². The van der Waals surface area contributed by atoms with Crippen molar-refractivity contribution in [3.05, 3.63) is 40.7 Å². The fraction of sp³-hybridized carbons (Fsp3) is 0.353. The molecular weight excluding hydrogens is 378 g/mol. The summed E-state index contributed by atoms with van der Waals surface area (Å²) in [5.41, 5.74) is 2.48. The zero-order chi connectivity index (χ0) is 18.5. The Balaban J connectivity index is 1.60. The van der Waals surface area contributed by atoms with Crippen molar-refractivity contribution in [1.29, 1.82) is 0 Å². The van der Waals surface area contributed by atoms with Gasteiger partial charge in [0, 0.05) is 26.2 Å². The van der Waals surface area contributed by atoms with Crippen molar-refractivity contribution in [2.24, 2.45) is 7.05 Å². The number of nitrogens with zero attached hydrogens (tertiary/aromatic N) is 3. The van der Waals surface area contributed by atoms with Crippen LogP contribution in [0.2, 0.25) is 5.02 Å². The third-order valence-corrected chi connectivity index (χ3v) is 7.07. The highest BCUT2D eigenvalue weighted by atomic mass is 35.5. The molecule has 0 spiro atoms. The Kier molecular flexibility index (Phi) is 4.21. The van der Waals surface area contributed by atoms with Crippen molar-refractivity contribution in [3.8, 4) is 11.5 Å². The largest absolute Gasteiger partial charge is 0.454 e. The van der Waals surface area contributed by atoms with Crippen molar-refractivity contribution in [2.45, 2.75) is 18.2 Å². The average Bonchev–Trinajstić information content (AvgIpc) is 3.21. The van der Waals surface area contributed by atoms with Crippen LogP contribution in [0, 0.1) is 6.92 Å². The molecule has 0 radical (unpaired) electrons. The van der Waals surface area contributed by atoms with E-state index in [1.807, 2.05) is 12.1 Å². The van der Waals surface area contributed by atoms with Gasteiger partial charge >= 0.3 is 0 Å². The van der Waals surface area contributed by atoms with Crippen LogP contribution in [-0.4, -0.2) is 42.4 Å². The molecule has 0 saturated carbocycles. The predicted octanol–water partition coefficient (Wildman–Crippen LogP) is 2.59. The van der Waals surface area contributed by atoms with Crippen LogP contribution in [0.4, 0.5) is 0 Å². The molecule has 3 heterocycles. The first-order valence-corrected chi connectivity index (χ1v) is 9.97. The van der Waals surface area contributed by atoms with Crippen LogP contribution in [0.3, 0.4) is 0 Å². The van der Waals surface area contributed by atoms with Gasteiger partial charge < -0.3 is 9.47 Å². The maximum Gasteiger partial charge on any atom is 0.246 e. The van der Waals surface area contributed by atoms with Crippen LogP contribution in [0.15, 0.2) is 29.3 Å². The number of hydrogen-bond acceptors (Lipinski definition) is 5. The molecule has 0 unspecified atom stereocenters. The highest BCUT2D eigenvalue weighted by Crippen LogP contribution is 2.40. The van der Waals surface area contributed by atoms with E-state index in [0.29, 0.717) is 35.2 Å². The molecule has 0 bridgehead atoms. The lowest BCUT2D eigenvalue weighted by Gasteiger charge is -2.26. The van der Waals surface area contributed by atoms with Crippen LogP contribution in [-0.2, 0) is 17.1 Å². The molecule has 1 aromatic heterocycles. The van der Waals surface area contributed by atoms with E-state index in [1.54, 1.807) is 24.7 Å². The molecule has 0 atom stereocenters. The van der Waals surface area contributed by atoms with E-state index in [0.717, 1.165) is 11.1 Å². The third-order valence-electron chi connectivity index (χ3n) is 4.79. The van der Waals surface area contributed by atoms with Gasteiger partial charge in [0.1, 0.15) is 4.90 Å². The fourth-order valence-electron chi connectivity index (χ4n) is 3.15. The van der Waals surface area contributed by atoms with E-state index in [1.165, 1.54) is 10.5 Å². The van der Waals surface area contributed by atoms with Gasteiger partial charge in [-0.1, -0.05) is 17.7 Å². The van der Waals surface area contributed by atoms with E-state index < -0.39 is 10.0 Å². The second-order valence-electron chi connectivity index (χ2n) is 6.25. The fourth-order valence-corrected chi connectivity index (χ4v) is 4.99. The first-order valence-electron chi connectivity index (χ1n) is 8.15. The first-order chi connectivity index (χ1) is 12.4. The van der Waals surface area contributed by atoms with E-state index >= 15 is 0 Å². The maximum atomic E-state index is 12.9. The van der Waals surface area contributed by atoms with Crippen molar-refractivity contribution < 1.29 is 17.9 Å². The summed E-state index contributed by atoms with van der Waals surface area (Å²) < 4.78 is 39.5. The minimum absolute atomic E-state index is 0.185. The smallest absolute Gasteiger partial charge is 0.246 e. The topological polar surface area (TPSA) is 73.7 Å². The maximum absolute atomic E-state index is 12.9. The van der Waals surface area contributed by atoms with Crippen molar-refractivity contribution in [3.63, 3.8) is 0 Å². The molecule has 2 aliphatic rings. The zero-order valence-electron chi connectivity index (χ0n) is 14.4. The van der Waals surface area contributed by atoms with Crippen molar-refractivity contribution in [1.82, 2.24) is 14.1 Å².